The van der Waals surface area contributed by atoms with Crippen LogP contribution >= 0.6 is 27.5 Å². The molecule has 1 aromatic carbocycles. The lowest BCUT2D eigenvalue weighted by molar-refractivity contribution is 0.515. The van der Waals surface area contributed by atoms with Crippen LogP contribution in [-0.2, 0) is 10.0 Å². The molecule has 0 aromatic heterocycles. The summed E-state index contributed by atoms with van der Waals surface area (Å²) in [6.07, 6.45) is 0. The zero-order valence-corrected chi connectivity index (χ0v) is 13.0. The van der Waals surface area contributed by atoms with Gasteiger partial charge in [-0.3, -0.25) is 0 Å². The Labute approximate surface area is 120 Å². The minimum Gasteiger partial charge on any atom is -0.207 e. The highest BCUT2D eigenvalue weighted by Crippen LogP contribution is 2.25. The Hall–Kier alpha value is -0.610. The van der Waals surface area contributed by atoms with Crippen molar-refractivity contribution in [2.24, 2.45) is 5.92 Å². The molecule has 0 radical (unpaired) electrons. The van der Waals surface area contributed by atoms with Crippen LogP contribution in [0.15, 0.2) is 27.6 Å². The number of nitriles is 1. The first-order chi connectivity index (χ1) is 8.27. The van der Waals surface area contributed by atoms with Gasteiger partial charge in [0.05, 0.1) is 11.1 Å². The summed E-state index contributed by atoms with van der Waals surface area (Å²) < 4.78 is 27.2. The Bertz CT molecular complexity index is 581. The van der Waals surface area contributed by atoms with Crippen molar-refractivity contribution in [2.45, 2.75) is 24.8 Å². The first-order valence-electron chi connectivity index (χ1n) is 5.15. The van der Waals surface area contributed by atoms with Crippen LogP contribution in [0.3, 0.4) is 0 Å². The van der Waals surface area contributed by atoms with Crippen LogP contribution < -0.4 is 4.72 Å². The summed E-state index contributed by atoms with van der Waals surface area (Å²) >= 11 is 9.09. The molecule has 0 aliphatic carbocycles. The molecule has 0 amide bonds. The Kier molecular flexibility index (Phi) is 5.17. The molecule has 1 unspecified atom stereocenters. The topological polar surface area (TPSA) is 70.0 Å². The average molecular weight is 352 g/mol. The molecule has 0 spiro atoms. The van der Waals surface area contributed by atoms with Crippen LogP contribution in [-0.4, -0.2) is 14.5 Å². The molecule has 7 heteroatoms. The molecule has 18 heavy (non-hydrogen) atoms. The fourth-order valence-electron chi connectivity index (χ4n) is 1.24. The second-order valence-corrected chi connectivity index (χ2v) is 7.05. The largest absolute Gasteiger partial charge is 0.243 e. The molecule has 0 saturated heterocycles. The quantitative estimate of drug-likeness (QED) is 0.906. The molecule has 0 aliphatic rings. The third kappa shape index (κ3) is 3.69. The summed E-state index contributed by atoms with van der Waals surface area (Å²) in [6.45, 7) is 3.53. The molecule has 0 bridgehead atoms. The van der Waals surface area contributed by atoms with E-state index in [4.69, 9.17) is 16.9 Å². The first kappa shape index (κ1) is 15.4. The maximum atomic E-state index is 12.1. The number of hydrogen-bond acceptors (Lipinski definition) is 3. The maximum absolute atomic E-state index is 12.1. The minimum atomic E-state index is -3.79. The van der Waals surface area contributed by atoms with E-state index in [-0.39, 0.29) is 15.8 Å². The van der Waals surface area contributed by atoms with Gasteiger partial charge in [0.2, 0.25) is 10.0 Å². The number of hydrogen-bond donors (Lipinski definition) is 1. The Morgan fingerprint density at radius 2 is 2.06 bits per heavy atom. The highest BCUT2D eigenvalue weighted by Gasteiger charge is 2.24. The summed E-state index contributed by atoms with van der Waals surface area (Å²) in [6, 6.07) is 5.60. The van der Waals surface area contributed by atoms with Crippen LogP contribution in [0.5, 0.6) is 0 Å². The SMILES string of the molecule is CC(C)C(C#N)NS(=O)(=O)c1ccc(Br)cc1Cl. The summed E-state index contributed by atoms with van der Waals surface area (Å²) in [5.41, 5.74) is 0. The van der Waals surface area contributed by atoms with E-state index in [1.807, 2.05) is 6.07 Å². The molecular weight excluding hydrogens is 340 g/mol. The predicted octanol–water partition coefficient (Wildman–Crippen LogP) is 2.93. The summed E-state index contributed by atoms with van der Waals surface area (Å²) in [5, 5.41) is 9.01. The zero-order valence-electron chi connectivity index (χ0n) is 9.81. The molecule has 4 nitrogen and oxygen atoms in total. The number of nitrogens with zero attached hydrogens (tertiary/aromatic N) is 1. The first-order valence-corrected chi connectivity index (χ1v) is 7.80. The van der Waals surface area contributed by atoms with E-state index in [0.29, 0.717) is 4.47 Å². The lowest BCUT2D eigenvalue weighted by atomic mass is 10.1. The molecule has 0 saturated carbocycles. The van der Waals surface area contributed by atoms with Crippen LogP contribution in [0, 0.1) is 17.2 Å². The van der Waals surface area contributed by atoms with Crippen molar-refractivity contribution in [3.63, 3.8) is 0 Å². The van der Waals surface area contributed by atoms with Gasteiger partial charge >= 0.3 is 0 Å². The zero-order chi connectivity index (χ0) is 13.9. The van der Waals surface area contributed by atoms with Crippen molar-refractivity contribution in [1.82, 2.24) is 4.72 Å². The molecule has 1 aromatic rings. The third-order valence-electron chi connectivity index (χ3n) is 2.27. The van der Waals surface area contributed by atoms with Gasteiger partial charge in [0.15, 0.2) is 0 Å². The van der Waals surface area contributed by atoms with E-state index in [1.165, 1.54) is 12.1 Å². The van der Waals surface area contributed by atoms with Crippen LogP contribution in [0.2, 0.25) is 5.02 Å². The number of nitrogens with one attached hydrogen (secondary N) is 1. The van der Waals surface area contributed by atoms with Crippen molar-refractivity contribution < 1.29 is 8.42 Å². The maximum Gasteiger partial charge on any atom is 0.243 e. The van der Waals surface area contributed by atoms with E-state index in [1.54, 1.807) is 19.9 Å². The van der Waals surface area contributed by atoms with Crippen molar-refractivity contribution >= 4 is 37.6 Å². The highest BCUT2D eigenvalue weighted by molar-refractivity contribution is 9.10. The van der Waals surface area contributed by atoms with Gasteiger partial charge in [-0.2, -0.15) is 9.98 Å². The van der Waals surface area contributed by atoms with E-state index < -0.39 is 16.1 Å². The second kappa shape index (κ2) is 6.02. The Morgan fingerprint density at radius 3 is 2.50 bits per heavy atom. The third-order valence-corrected chi connectivity index (χ3v) is 4.69. The predicted molar refractivity (Wildman–Crippen MR) is 73.7 cm³/mol. The van der Waals surface area contributed by atoms with Gasteiger partial charge in [0.25, 0.3) is 0 Å². The average Bonchev–Trinajstić information content (AvgIpc) is 2.24. The van der Waals surface area contributed by atoms with Crippen molar-refractivity contribution in [3.05, 3.63) is 27.7 Å². The molecule has 0 aliphatic heterocycles. The fraction of sp³-hybridized carbons (Fsp3) is 0.364. The number of rotatable bonds is 4. The van der Waals surface area contributed by atoms with E-state index in [2.05, 4.69) is 20.7 Å². The van der Waals surface area contributed by atoms with E-state index in [0.717, 1.165) is 0 Å². The smallest absolute Gasteiger partial charge is 0.207 e. The number of sulfonamides is 1. The normalized spacial score (nSPS) is 13.3. The van der Waals surface area contributed by atoms with Gasteiger partial charge in [-0.05, 0) is 24.1 Å². The summed E-state index contributed by atoms with van der Waals surface area (Å²) in [4.78, 5) is -0.0340. The van der Waals surface area contributed by atoms with Gasteiger partial charge in [-0.1, -0.05) is 41.4 Å². The Morgan fingerprint density at radius 1 is 1.44 bits per heavy atom. The monoisotopic (exact) mass is 350 g/mol. The van der Waals surface area contributed by atoms with Crippen LogP contribution in [0.25, 0.3) is 0 Å². The standard InChI is InChI=1S/C11H12BrClN2O2S/c1-7(2)10(6-14)15-18(16,17)11-4-3-8(12)5-9(11)13/h3-5,7,10,15H,1-2H3. The minimum absolute atomic E-state index is 0.0340. The highest BCUT2D eigenvalue weighted by atomic mass is 79.9. The van der Waals surface area contributed by atoms with Crippen LogP contribution in [0.1, 0.15) is 13.8 Å². The molecule has 98 valence electrons. The van der Waals surface area contributed by atoms with Gasteiger partial charge in [0.1, 0.15) is 10.9 Å². The molecule has 1 atom stereocenters. The number of halogens is 2. The number of benzene rings is 1. The van der Waals surface area contributed by atoms with Crippen LogP contribution in [0.4, 0.5) is 0 Å². The summed E-state index contributed by atoms with van der Waals surface area (Å²) in [7, 11) is -3.79. The second-order valence-electron chi connectivity index (χ2n) is 4.05. The fourth-order valence-corrected chi connectivity index (χ4v) is 3.56. The van der Waals surface area contributed by atoms with E-state index in [9.17, 15) is 8.42 Å². The van der Waals surface area contributed by atoms with Crippen molar-refractivity contribution in [2.75, 3.05) is 0 Å². The molecular formula is C11H12BrClN2O2S. The molecule has 0 heterocycles. The van der Waals surface area contributed by atoms with E-state index >= 15 is 0 Å². The molecule has 1 N–H and O–H groups in total. The Balaban J connectivity index is 3.11. The van der Waals surface area contributed by atoms with Gasteiger partial charge < -0.3 is 0 Å². The molecule has 0 fully saturated rings. The lowest BCUT2D eigenvalue weighted by Crippen LogP contribution is -2.37. The van der Waals surface area contributed by atoms with Gasteiger partial charge in [-0.25, -0.2) is 8.42 Å². The summed E-state index contributed by atoms with van der Waals surface area (Å²) in [5.74, 6) is -0.126. The lowest BCUT2D eigenvalue weighted by Gasteiger charge is -2.15. The van der Waals surface area contributed by atoms with Crippen molar-refractivity contribution in [3.8, 4) is 6.07 Å². The van der Waals surface area contributed by atoms with Crippen molar-refractivity contribution in [1.29, 1.82) is 5.26 Å². The molecule has 1 rings (SSSR count). The van der Waals surface area contributed by atoms with Gasteiger partial charge in [0, 0.05) is 4.47 Å². The van der Waals surface area contributed by atoms with Gasteiger partial charge in [-0.15, -0.1) is 0 Å².